The summed E-state index contributed by atoms with van der Waals surface area (Å²) in [6, 6.07) is 3.87. The summed E-state index contributed by atoms with van der Waals surface area (Å²) in [5.74, 6) is 0.766. The van der Waals surface area contributed by atoms with Gasteiger partial charge in [-0.25, -0.2) is 4.98 Å². The second-order valence-corrected chi connectivity index (χ2v) is 3.66. The minimum Gasteiger partial charge on any atom is -0.382 e. The van der Waals surface area contributed by atoms with E-state index in [1.165, 1.54) is 22.5 Å². The standard InChI is InChI=1S/C8H5N7S/c9-1-2-16-8-13-7-12-4-5(3-10)6(11)15(7)14-8/h4H,2,11H2. The fraction of sp³-hybridized carbons (Fsp3) is 0.125. The van der Waals surface area contributed by atoms with E-state index >= 15 is 0 Å². The molecule has 0 amide bonds. The van der Waals surface area contributed by atoms with Crippen molar-refractivity contribution in [2.75, 3.05) is 11.5 Å². The molecule has 0 unspecified atom stereocenters. The third-order valence-corrected chi connectivity index (χ3v) is 2.47. The topological polar surface area (TPSA) is 117 Å². The zero-order chi connectivity index (χ0) is 11.5. The molecule has 0 aliphatic rings. The number of nitrogens with two attached hydrogens (primary N) is 1. The summed E-state index contributed by atoms with van der Waals surface area (Å²) in [4.78, 5) is 7.98. The predicted molar refractivity (Wildman–Crippen MR) is 56.2 cm³/mol. The Morgan fingerprint density at radius 2 is 2.31 bits per heavy atom. The molecule has 7 nitrogen and oxygen atoms in total. The molecule has 2 N–H and O–H groups in total. The summed E-state index contributed by atoms with van der Waals surface area (Å²) in [6.07, 6.45) is 1.35. The summed E-state index contributed by atoms with van der Waals surface area (Å²) in [6.45, 7) is 0. The van der Waals surface area contributed by atoms with Gasteiger partial charge < -0.3 is 5.73 Å². The molecule has 0 aromatic carbocycles. The van der Waals surface area contributed by atoms with E-state index in [-0.39, 0.29) is 17.1 Å². The smallest absolute Gasteiger partial charge is 0.255 e. The summed E-state index contributed by atoms with van der Waals surface area (Å²) in [5.41, 5.74) is 5.94. The van der Waals surface area contributed by atoms with E-state index in [4.69, 9.17) is 16.3 Å². The number of rotatable bonds is 2. The highest BCUT2D eigenvalue weighted by atomic mass is 32.2. The van der Waals surface area contributed by atoms with Crippen LogP contribution in [0.4, 0.5) is 5.82 Å². The number of thioether (sulfide) groups is 1. The van der Waals surface area contributed by atoms with E-state index in [0.717, 1.165) is 0 Å². The van der Waals surface area contributed by atoms with Gasteiger partial charge in [0.25, 0.3) is 5.78 Å². The van der Waals surface area contributed by atoms with Gasteiger partial charge in [0.15, 0.2) is 0 Å². The lowest BCUT2D eigenvalue weighted by Gasteiger charge is -1.97. The van der Waals surface area contributed by atoms with Crippen molar-refractivity contribution in [3.63, 3.8) is 0 Å². The third-order valence-electron chi connectivity index (χ3n) is 1.77. The molecule has 0 saturated heterocycles. The van der Waals surface area contributed by atoms with E-state index < -0.39 is 0 Å². The Morgan fingerprint density at radius 3 is 3.00 bits per heavy atom. The Hall–Kier alpha value is -2.32. The fourth-order valence-corrected chi connectivity index (χ4v) is 1.56. The molecule has 0 aliphatic carbocycles. The van der Waals surface area contributed by atoms with Crippen LogP contribution in [0.15, 0.2) is 11.4 Å². The van der Waals surface area contributed by atoms with Crippen LogP contribution in [0.1, 0.15) is 5.56 Å². The van der Waals surface area contributed by atoms with Gasteiger partial charge in [-0.3, -0.25) is 0 Å². The average Bonchev–Trinajstić information content (AvgIpc) is 2.71. The summed E-state index contributed by atoms with van der Waals surface area (Å²) >= 11 is 1.19. The first-order chi connectivity index (χ1) is 7.76. The first-order valence-corrected chi connectivity index (χ1v) is 5.16. The van der Waals surface area contributed by atoms with Gasteiger partial charge in [0.1, 0.15) is 17.5 Å². The van der Waals surface area contributed by atoms with E-state index in [1.807, 2.05) is 12.1 Å². The van der Waals surface area contributed by atoms with Crippen LogP contribution in [0.5, 0.6) is 0 Å². The van der Waals surface area contributed by atoms with Crippen molar-refractivity contribution in [2.45, 2.75) is 5.16 Å². The van der Waals surface area contributed by atoms with Crippen molar-refractivity contribution in [3.8, 4) is 12.1 Å². The fourth-order valence-electron chi connectivity index (χ4n) is 1.08. The molecule has 16 heavy (non-hydrogen) atoms. The minimum atomic E-state index is 0.198. The van der Waals surface area contributed by atoms with Crippen molar-refractivity contribution >= 4 is 23.4 Å². The molecule has 0 radical (unpaired) electrons. The van der Waals surface area contributed by atoms with E-state index in [9.17, 15) is 0 Å². The highest BCUT2D eigenvalue weighted by molar-refractivity contribution is 7.99. The molecule has 2 heterocycles. The molecule has 0 fully saturated rings. The highest BCUT2D eigenvalue weighted by Crippen LogP contribution is 2.16. The lowest BCUT2D eigenvalue weighted by Crippen LogP contribution is -2.03. The van der Waals surface area contributed by atoms with E-state index in [2.05, 4.69) is 15.1 Å². The first kappa shape index (κ1) is 10.2. The van der Waals surface area contributed by atoms with Crippen LogP contribution in [0.25, 0.3) is 5.78 Å². The van der Waals surface area contributed by atoms with Crippen LogP contribution < -0.4 is 5.73 Å². The number of hydrogen-bond acceptors (Lipinski definition) is 7. The Balaban J connectivity index is 2.51. The van der Waals surface area contributed by atoms with Gasteiger partial charge in [0, 0.05) is 0 Å². The van der Waals surface area contributed by atoms with Gasteiger partial charge in [0.2, 0.25) is 5.16 Å². The maximum Gasteiger partial charge on any atom is 0.255 e. The number of nitriles is 2. The highest BCUT2D eigenvalue weighted by Gasteiger charge is 2.10. The Morgan fingerprint density at radius 1 is 1.50 bits per heavy atom. The number of anilines is 1. The molecule has 0 atom stereocenters. The van der Waals surface area contributed by atoms with Crippen molar-refractivity contribution in [1.29, 1.82) is 10.5 Å². The van der Waals surface area contributed by atoms with Crippen molar-refractivity contribution in [2.24, 2.45) is 0 Å². The van der Waals surface area contributed by atoms with E-state index in [0.29, 0.717) is 10.9 Å². The minimum absolute atomic E-state index is 0.198. The predicted octanol–water partition coefficient (Wildman–Crippen LogP) is 0.194. The number of nitrogens with zero attached hydrogens (tertiary/aromatic N) is 6. The monoisotopic (exact) mass is 231 g/mol. The molecule has 0 spiro atoms. The maximum absolute atomic E-state index is 8.75. The van der Waals surface area contributed by atoms with Crippen LogP contribution in [-0.2, 0) is 0 Å². The van der Waals surface area contributed by atoms with Gasteiger partial charge >= 0.3 is 0 Å². The molecule has 2 rings (SSSR count). The normalized spacial score (nSPS) is 9.88. The molecular formula is C8H5N7S. The first-order valence-electron chi connectivity index (χ1n) is 4.17. The second kappa shape index (κ2) is 4.04. The number of fused-ring (bicyclic) bond motifs is 1. The van der Waals surface area contributed by atoms with Gasteiger partial charge in [-0.05, 0) is 0 Å². The van der Waals surface area contributed by atoms with Crippen LogP contribution in [0.2, 0.25) is 0 Å². The Kier molecular flexibility index (Phi) is 2.58. The largest absolute Gasteiger partial charge is 0.382 e. The molecular weight excluding hydrogens is 226 g/mol. The molecule has 0 aliphatic heterocycles. The number of hydrogen-bond donors (Lipinski definition) is 1. The van der Waals surface area contributed by atoms with Crippen LogP contribution in [0, 0.1) is 22.7 Å². The molecule has 78 valence electrons. The van der Waals surface area contributed by atoms with Gasteiger partial charge in [-0.2, -0.15) is 20.0 Å². The van der Waals surface area contributed by atoms with Gasteiger partial charge in [-0.1, -0.05) is 11.8 Å². The SMILES string of the molecule is N#CCSc1nc2ncc(C#N)c(N)n2n1. The summed E-state index contributed by atoms with van der Waals surface area (Å²) < 4.78 is 1.29. The Bertz CT molecular complexity index is 618. The lowest BCUT2D eigenvalue weighted by atomic mass is 10.3. The average molecular weight is 231 g/mol. The van der Waals surface area contributed by atoms with E-state index in [1.54, 1.807) is 0 Å². The lowest BCUT2D eigenvalue weighted by molar-refractivity contribution is 0.888. The molecule has 0 saturated carbocycles. The van der Waals surface area contributed by atoms with Gasteiger partial charge in [0.05, 0.1) is 18.0 Å². The van der Waals surface area contributed by atoms with Crippen molar-refractivity contribution < 1.29 is 0 Å². The quantitative estimate of drug-likeness (QED) is 0.733. The number of aromatic nitrogens is 4. The van der Waals surface area contributed by atoms with Crippen LogP contribution in [-0.4, -0.2) is 25.3 Å². The van der Waals surface area contributed by atoms with Crippen molar-refractivity contribution in [1.82, 2.24) is 19.6 Å². The molecule has 8 heteroatoms. The zero-order valence-electron chi connectivity index (χ0n) is 7.95. The van der Waals surface area contributed by atoms with Crippen LogP contribution in [0.3, 0.4) is 0 Å². The van der Waals surface area contributed by atoms with Crippen molar-refractivity contribution in [3.05, 3.63) is 11.8 Å². The van der Waals surface area contributed by atoms with Crippen LogP contribution >= 0.6 is 11.8 Å². The molecule has 2 aromatic rings. The second-order valence-electron chi connectivity index (χ2n) is 2.72. The maximum atomic E-state index is 8.75. The third kappa shape index (κ3) is 1.62. The number of nitrogen functional groups attached to an aromatic ring is 1. The summed E-state index contributed by atoms with van der Waals surface area (Å²) in [7, 11) is 0. The molecule has 0 bridgehead atoms. The molecule has 2 aromatic heterocycles. The Labute approximate surface area is 94.5 Å². The van der Waals surface area contributed by atoms with Gasteiger partial charge in [-0.15, -0.1) is 5.10 Å². The summed E-state index contributed by atoms with van der Waals surface area (Å²) in [5, 5.41) is 21.6. The zero-order valence-corrected chi connectivity index (χ0v) is 8.77.